The molecule has 1 aromatic rings. The first kappa shape index (κ1) is 11.7. The van der Waals surface area contributed by atoms with Gasteiger partial charge in [0.2, 0.25) is 0 Å². The number of hydrogen-bond donors (Lipinski definition) is 0. The van der Waals surface area contributed by atoms with Gasteiger partial charge in [-0.25, -0.2) is 0 Å². The average Bonchev–Trinajstić information content (AvgIpc) is 2.97. The third-order valence-electron chi connectivity index (χ3n) is 3.55. The van der Waals surface area contributed by atoms with Crippen molar-refractivity contribution in [3.63, 3.8) is 0 Å². The molecule has 0 spiro atoms. The average molecular weight is 218 g/mol. The van der Waals surface area contributed by atoms with Gasteiger partial charge in [-0.1, -0.05) is 31.2 Å². The minimum atomic E-state index is 0.195. The lowest BCUT2D eigenvalue weighted by Gasteiger charge is -2.17. The summed E-state index contributed by atoms with van der Waals surface area (Å²) in [6.45, 7) is 8.62. The van der Waals surface area contributed by atoms with E-state index >= 15 is 0 Å². The summed E-state index contributed by atoms with van der Waals surface area (Å²) in [4.78, 5) is 0. The van der Waals surface area contributed by atoms with E-state index in [0.29, 0.717) is 5.41 Å². The van der Waals surface area contributed by atoms with Gasteiger partial charge in [-0.15, -0.1) is 0 Å². The Morgan fingerprint density at radius 2 is 1.62 bits per heavy atom. The van der Waals surface area contributed by atoms with E-state index in [9.17, 15) is 0 Å². The van der Waals surface area contributed by atoms with E-state index in [4.69, 9.17) is 4.74 Å². The Balaban J connectivity index is 2.07. The molecule has 1 saturated carbocycles. The van der Waals surface area contributed by atoms with Crippen LogP contribution >= 0.6 is 0 Å². The highest BCUT2D eigenvalue weighted by Gasteiger charge is 2.38. The summed E-state index contributed by atoms with van der Waals surface area (Å²) in [5, 5.41) is 0. The maximum atomic E-state index is 5.78. The van der Waals surface area contributed by atoms with Crippen LogP contribution in [0.15, 0.2) is 24.3 Å². The molecule has 1 aliphatic rings. The highest BCUT2D eigenvalue weighted by Crippen LogP contribution is 2.47. The highest BCUT2D eigenvalue weighted by molar-refractivity contribution is 5.33. The minimum absolute atomic E-state index is 0.195. The topological polar surface area (TPSA) is 9.23 Å². The molecule has 88 valence electrons. The lowest BCUT2D eigenvalue weighted by molar-refractivity contribution is 0.0178. The molecular formula is C15H22O. The molecule has 16 heavy (non-hydrogen) atoms. The zero-order valence-corrected chi connectivity index (χ0v) is 10.8. The highest BCUT2D eigenvalue weighted by atomic mass is 16.5. The maximum Gasteiger partial charge on any atom is 0.0800 e. The first-order valence-corrected chi connectivity index (χ1v) is 6.27. The first-order chi connectivity index (χ1) is 7.51. The Labute approximate surface area is 98.8 Å². The fraction of sp³-hybridized carbons (Fsp3) is 0.600. The zero-order valence-electron chi connectivity index (χ0n) is 10.8. The van der Waals surface area contributed by atoms with Crippen molar-refractivity contribution in [2.45, 2.75) is 58.2 Å². The summed E-state index contributed by atoms with van der Waals surface area (Å²) in [6, 6.07) is 8.96. The van der Waals surface area contributed by atoms with Crippen molar-refractivity contribution in [3.05, 3.63) is 35.4 Å². The second kappa shape index (κ2) is 4.21. The Hall–Kier alpha value is -0.820. The lowest BCUT2D eigenvalue weighted by Crippen LogP contribution is -2.08. The predicted molar refractivity (Wildman–Crippen MR) is 67.7 cm³/mol. The Bertz CT molecular complexity index is 346. The molecule has 0 bridgehead atoms. The van der Waals surface area contributed by atoms with Crippen molar-refractivity contribution in [2.75, 3.05) is 0 Å². The van der Waals surface area contributed by atoms with E-state index in [0.717, 1.165) is 0 Å². The largest absolute Gasteiger partial charge is 0.371 e. The third kappa shape index (κ3) is 2.46. The van der Waals surface area contributed by atoms with Gasteiger partial charge in [0.1, 0.15) is 0 Å². The van der Waals surface area contributed by atoms with E-state index in [2.05, 4.69) is 52.0 Å². The molecule has 0 aromatic heterocycles. The number of rotatable bonds is 4. The molecule has 0 amide bonds. The normalized spacial score (nSPS) is 19.8. The van der Waals surface area contributed by atoms with Gasteiger partial charge in [0.25, 0.3) is 0 Å². The maximum absolute atomic E-state index is 5.78. The molecular weight excluding hydrogens is 196 g/mol. The van der Waals surface area contributed by atoms with Crippen LogP contribution < -0.4 is 0 Å². The Morgan fingerprint density at radius 3 is 2.06 bits per heavy atom. The summed E-state index contributed by atoms with van der Waals surface area (Å²) >= 11 is 0. The van der Waals surface area contributed by atoms with Crippen LogP contribution in [0.1, 0.15) is 57.8 Å². The van der Waals surface area contributed by atoms with Gasteiger partial charge >= 0.3 is 0 Å². The number of hydrogen-bond acceptors (Lipinski definition) is 1. The van der Waals surface area contributed by atoms with Gasteiger partial charge in [-0.3, -0.25) is 0 Å². The van der Waals surface area contributed by atoms with Crippen molar-refractivity contribution in [1.82, 2.24) is 0 Å². The molecule has 0 aliphatic heterocycles. The summed E-state index contributed by atoms with van der Waals surface area (Å²) in [7, 11) is 0. The Kier molecular flexibility index (Phi) is 3.07. The van der Waals surface area contributed by atoms with Gasteiger partial charge in [0.05, 0.1) is 12.2 Å². The molecule has 1 unspecified atom stereocenters. The molecule has 0 heterocycles. The SMILES string of the molecule is CC(C)OC(C)c1ccc(C2(C)CC2)cc1. The molecule has 0 N–H and O–H groups in total. The zero-order chi connectivity index (χ0) is 11.8. The van der Waals surface area contributed by atoms with Crippen LogP contribution in [0.2, 0.25) is 0 Å². The van der Waals surface area contributed by atoms with E-state index in [1.54, 1.807) is 0 Å². The van der Waals surface area contributed by atoms with Gasteiger partial charge in [-0.2, -0.15) is 0 Å². The smallest absolute Gasteiger partial charge is 0.0800 e. The summed E-state index contributed by atoms with van der Waals surface area (Å²) < 4.78 is 5.78. The predicted octanol–water partition coefficient (Wildman–Crippen LogP) is 4.22. The van der Waals surface area contributed by atoms with Crippen molar-refractivity contribution in [1.29, 1.82) is 0 Å². The Morgan fingerprint density at radius 1 is 1.06 bits per heavy atom. The quantitative estimate of drug-likeness (QED) is 0.735. The fourth-order valence-corrected chi connectivity index (χ4v) is 2.12. The van der Waals surface area contributed by atoms with Crippen molar-refractivity contribution < 1.29 is 4.74 Å². The molecule has 1 fully saturated rings. The van der Waals surface area contributed by atoms with Crippen LogP contribution in [0.25, 0.3) is 0 Å². The van der Waals surface area contributed by atoms with Gasteiger partial charge in [-0.05, 0) is 50.2 Å². The molecule has 1 atom stereocenters. The standard InChI is InChI=1S/C15H22O/c1-11(2)16-12(3)13-5-7-14(8-6-13)15(4)9-10-15/h5-8,11-12H,9-10H2,1-4H3. The van der Waals surface area contributed by atoms with Crippen LogP contribution in [0.4, 0.5) is 0 Å². The molecule has 1 nitrogen and oxygen atoms in total. The summed E-state index contributed by atoms with van der Waals surface area (Å²) in [5.41, 5.74) is 3.23. The molecule has 2 rings (SSSR count). The molecule has 0 saturated heterocycles. The first-order valence-electron chi connectivity index (χ1n) is 6.27. The van der Waals surface area contributed by atoms with Crippen LogP contribution in [-0.4, -0.2) is 6.10 Å². The lowest BCUT2D eigenvalue weighted by atomic mass is 9.96. The fourth-order valence-electron chi connectivity index (χ4n) is 2.12. The van der Waals surface area contributed by atoms with Crippen molar-refractivity contribution in [2.24, 2.45) is 0 Å². The van der Waals surface area contributed by atoms with Crippen LogP contribution in [0, 0.1) is 0 Å². The van der Waals surface area contributed by atoms with Crippen molar-refractivity contribution >= 4 is 0 Å². The number of ether oxygens (including phenoxy) is 1. The van der Waals surface area contributed by atoms with Crippen LogP contribution in [0.5, 0.6) is 0 Å². The van der Waals surface area contributed by atoms with E-state index in [1.165, 1.54) is 24.0 Å². The second-order valence-corrected chi connectivity index (χ2v) is 5.51. The van der Waals surface area contributed by atoms with Gasteiger partial charge < -0.3 is 4.74 Å². The number of benzene rings is 1. The molecule has 0 radical (unpaired) electrons. The molecule has 1 aliphatic carbocycles. The van der Waals surface area contributed by atoms with Crippen LogP contribution in [-0.2, 0) is 10.2 Å². The molecule has 1 heteroatoms. The minimum Gasteiger partial charge on any atom is -0.371 e. The summed E-state index contributed by atoms with van der Waals surface area (Å²) in [5.74, 6) is 0. The van der Waals surface area contributed by atoms with Gasteiger partial charge in [0, 0.05) is 0 Å². The summed E-state index contributed by atoms with van der Waals surface area (Å²) in [6.07, 6.45) is 3.16. The van der Waals surface area contributed by atoms with Crippen LogP contribution in [0.3, 0.4) is 0 Å². The van der Waals surface area contributed by atoms with E-state index in [-0.39, 0.29) is 12.2 Å². The third-order valence-corrected chi connectivity index (χ3v) is 3.55. The van der Waals surface area contributed by atoms with E-state index < -0.39 is 0 Å². The second-order valence-electron chi connectivity index (χ2n) is 5.51. The molecule has 1 aromatic carbocycles. The van der Waals surface area contributed by atoms with Gasteiger partial charge in [0.15, 0.2) is 0 Å². The monoisotopic (exact) mass is 218 g/mol. The van der Waals surface area contributed by atoms with Crippen molar-refractivity contribution in [3.8, 4) is 0 Å². The van der Waals surface area contributed by atoms with E-state index in [1.807, 2.05) is 0 Å².